The predicted molar refractivity (Wildman–Crippen MR) is 69.3 cm³/mol. The molecule has 0 radical (unpaired) electrons. The van der Waals surface area contributed by atoms with Gasteiger partial charge in [0.05, 0.1) is 5.69 Å². The smallest absolute Gasteiger partial charge is 0.220 e. The SMILES string of the molecule is CCc1ccc(Oc2cccc(C#N)n2)c(N)c1. The molecule has 0 aliphatic heterocycles. The maximum Gasteiger partial charge on any atom is 0.220 e. The van der Waals surface area contributed by atoms with Crippen LogP contribution < -0.4 is 10.5 Å². The number of pyridine rings is 1. The van der Waals surface area contributed by atoms with Crippen LogP contribution in [0.3, 0.4) is 0 Å². The minimum atomic E-state index is 0.316. The number of anilines is 1. The van der Waals surface area contributed by atoms with Gasteiger partial charge in [0.15, 0.2) is 5.75 Å². The Morgan fingerprint density at radius 1 is 1.33 bits per heavy atom. The molecule has 2 rings (SSSR count). The lowest BCUT2D eigenvalue weighted by molar-refractivity contribution is 0.464. The largest absolute Gasteiger partial charge is 0.437 e. The van der Waals surface area contributed by atoms with Crippen LogP contribution in [-0.4, -0.2) is 4.98 Å². The van der Waals surface area contributed by atoms with E-state index in [0.29, 0.717) is 23.0 Å². The topological polar surface area (TPSA) is 71.9 Å². The number of hydrogen-bond acceptors (Lipinski definition) is 4. The van der Waals surface area contributed by atoms with E-state index >= 15 is 0 Å². The van der Waals surface area contributed by atoms with Gasteiger partial charge < -0.3 is 10.5 Å². The second-order valence-electron chi connectivity index (χ2n) is 3.80. The van der Waals surface area contributed by atoms with E-state index in [1.165, 1.54) is 0 Å². The molecule has 0 saturated carbocycles. The van der Waals surface area contributed by atoms with Gasteiger partial charge in [0, 0.05) is 6.07 Å². The zero-order valence-electron chi connectivity index (χ0n) is 10.1. The summed E-state index contributed by atoms with van der Waals surface area (Å²) in [5, 5.41) is 8.76. The quantitative estimate of drug-likeness (QED) is 0.836. The van der Waals surface area contributed by atoms with Gasteiger partial charge in [-0.2, -0.15) is 5.26 Å². The van der Waals surface area contributed by atoms with Crippen molar-refractivity contribution in [3.05, 3.63) is 47.7 Å². The average molecular weight is 239 g/mol. The van der Waals surface area contributed by atoms with Crippen molar-refractivity contribution >= 4 is 5.69 Å². The molecule has 0 amide bonds. The van der Waals surface area contributed by atoms with E-state index in [9.17, 15) is 0 Å². The Bertz CT molecular complexity index is 602. The fourth-order valence-electron chi connectivity index (χ4n) is 1.56. The Hall–Kier alpha value is -2.54. The first-order valence-corrected chi connectivity index (χ1v) is 5.66. The van der Waals surface area contributed by atoms with E-state index in [2.05, 4.69) is 11.9 Å². The van der Waals surface area contributed by atoms with Crippen molar-refractivity contribution in [1.82, 2.24) is 4.98 Å². The lowest BCUT2D eigenvalue weighted by atomic mass is 10.1. The molecule has 4 heteroatoms. The summed E-state index contributed by atoms with van der Waals surface area (Å²) in [5.41, 5.74) is 7.93. The third-order valence-corrected chi connectivity index (χ3v) is 2.54. The summed E-state index contributed by atoms with van der Waals surface area (Å²) in [6, 6.07) is 12.6. The molecule has 90 valence electrons. The van der Waals surface area contributed by atoms with Crippen molar-refractivity contribution < 1.29 is 4.74 Å². The minimum absolute atomic E-state index is 0.316. The van der Waals surface area contributed by atoms with Crippen LogP contribution in [0.5, 0.6) is 11.6 Å². The Labute approximate surface area is 106 Å². The minimum Gasteiger partial charge on any atom is -0.437 e. The van der Waals surface area contributed by atoms with Gasteiger partial charge in [0.1, 0.15) is 11.8 Å². The van der Waals surface area contributed by atoms with Crippen LogP contribution in [0.25, 0.3) is 0 Å². The van der Waals surface area contributed by atoms with Gasteiger partial charge in [-0.25, -0.2) is 4.98 Å². The molecule has 1 aromatic carbocycles. The number of ether oxygens (including phenoxy) is 1. The second-order valence-corrected chi connectivity index (χ2v) is 3.80. The zero-order valence-corrected chi connectivity index (χ0v) is 10.1. The first kappa shape index (κ1) is 11.9. The first-order valence-electron chi connectivity index (χ1n) is 5.66. The van der Waals surface area contributed by atoms with Crippen LogP contribution in [0.4, 0.5) is 5.69 Å². The molecule has 0 spiro atoms. The molecule has 18 heavy (non-hydrogen) atoms. The van der Waals surface area contributed by atoms with Crippen molar-refractivity contribution in [2.24, 2.45) is 0 Å². The van der Waals surface area contributed by atoms with Gasteiger partial charge in [0.2, 0.25) is 5.88 Å². The number of nitriles is 1. The molecule has 0 unspecified atom stereocenters. The number of benzene rings is 1. The van der Waals surface area contributed by atoms with Gasteiger partial charge in [-0.05, 0) is 30.2 Å². The van der Waals surface area contributed by atoms with Crippen molar-refractivity contribution in [2.45, 2.75) is 13.3 Å². The molecule has 4 nitrogen and oxygen atoms in total. The summed E-state index contributed by atoms with van der Waals surface area (Å²) in [7, 11) is 0. The van der Waals surface area contributed by atoms with E-state index in [0.717, 1.165) is 12.0 Å². The Morgan fingerprint density at radius 2 is 2.17 bits per heavy atom. The third kappa shape index (κ3) is 2.58. The van der Waals surface area contributed by atoms with Crippen LogP contribution in [-0.2, 0) is 6.42 Å². The number of aryl methyl sites for hydroxylation is 1. The lowest BCUT2D eigenvalue weighted by Crippen LogP contribution is -1.95. The number of rotatable bonds is 3. The summed E-state index contributed by atoms with van der Waals surface area (Å²) >= 11 is 0. The van der Waals surface area contributed by atoms with E-state index in [1.807, 2.05) is 24.3 Å². The highest BCUT2D eigenvalue weighted by Crippen LogP contribution is 2.27. The van der Waals surface area contributed by atoms with Crippen LogP contribution in [0.15, 0.2) is 36.4 Å². The second kappa shape index (κ2) is 5.19. The molecule has 0 saturated heterocycles. The summed E-state index contributed by atoms with van der Waals surface area (Å²) in [6.45, 7) is 2.06. The molecule has 0 bridgehead atoms. The maximum absolute atomic E-state index is 8.76. The monoisotopic (exact) mass is 239 g/mol. The highest BCUT2D eigenvalue weighted by atomic mass is 16.5. The van der Waals surface area contributed by atoms with Crippen LogP contribution >= 0.6 is 0 Å². The standard InChI is InChI=1S/C14H13N3O/c1-2-10-6-7-13(12(16)8-10)18-14-5-3-4-11(9-15)17-14/h3-8H,2,16H2,1H3. The molecule has 1 heterocycles. The number of hydrogen-bond donors (Lipinski definition) is 1. The summed E-state index contributed by atoms with van der Waals surface area (Å²) in [5.74, 6) is 0.916. The van der Waals surface area contributed by atoms with E-state index in [-0.39, 0.29) is 0 Å². The Morgan fingerprint density at radius 3 is 2.83 bits per heavy atom. The molecule has 1 aromatic heterocycles. The number of nitrogens with zero attached hydrogens (tertiary/aromatic N) is 2. The zero-order chi connectivity index (χ0) is 13.0. The molecular formula is C14H13N3O. The molecule has 0 fully saturated rings. The highest BCUT2D eigenvalue weighted by Gasteiger charge is 2.04. The molecule has 0 atom stereocenters. The summed E-state index contributed by atoms with van der Waals surface area (Å²) in [4.78, 5) is 4.03. The lowest BCUT2D eigenvalue weighted by Gasteiger charge is -2.08. The average Bonchev–Trinajstić information content (AvgIpc) is 2.41. The van der Waals surface area contributed by atoms with Crippen LogP contribution in [0, 0.1) is 11.3 Å². The molecule has 2 N–H and O–H groups in total. The normalized spacial score (nSPS) is 9.78. The number of nitrogen functional groups attached to an aromatic ring is 1. The van der Waals surface area contributed by atoms with E-state index in [1.54, 1.807) is 18.2 Å². The van der Waals surface area contributed by atoms with Crippen molar-refractivity contribution in [3.8, 4) is 17.7 Å². The first-order chi connectivity index (χ1) is 8.72. The van der Waals surface area contributed by atoms with Crippen LogP contribution in [0.1, 0.15) is 18.2 Å². The fourth-order valence-corrected chi connectivity index (χ4v) is 1.56. The van der Waals surface area contributed by atoms with Crippen molar-refractivity contribution in [3.63, 3.8) is 0 Å². The van der Waals surface area contributed by atoms with Gasteiger partial charge in [-0.1, -0.05) is 19.1 Å². The van der Waals surface area contributed by atoms with Crippen molar-refractivity contribution in [2.75, 3.05) is 5.73 Å². The highest BCUT2D eigenvalue weighted by molar-refractivity contribution is 5.55. The van der Waals surface area contributed by atoms with Crippen LogP contribution in [0.2, 0.25) is 0 Å². The number of nitrogens with two attached hydrogens (primary N) is 1. The Kier molecular flexibility index (Phi) is 3.44. The van der Waals surface area contributed by atoms with Gasteiger partial charge >= 0.3 is 0 Å². The molecular weight excluding hydrogens is 226 g/mol. The van der Waals surface area contributed by atoms with Gasteiger partial charge in [0.25, 0.3) is 0 Å². The van der Waals surface area contributed by atoms with Crippen molar-refractivity contribution in [1.29, 1.82) is 5.26 Å². The molecule has 2 aromatic rings. The maximum atomic E-state index is 8.76. The van der Waals surface area contributed by atoms with E-state index in [4.69, 9.17) is 15.7 Å². The predicted octanol–water partition coefficient (Wildman–Crippen LogP) is 2.89. The van der Waals surface area contributed by atoms with E-state index < -0.39 is 0 Å². The summed E-state index contributed by atoms with van der Waals surface area (Å²) in [6.07, 6.45) is 0.923. The Balaban J connectivity index is 2.26. The van der Waals surface area contributed by atoms with Gasteiger partial charge in [-0.15, -0.1) is 0 Å². The fraction of sp³-hybridized carbons (Fsp3) is 0.143. The summed E-state index contributed by atoms with van der Waals surface area (Å²) < 4.78 is 5.56. The molecule has 0 aliphatic carbocycles. The molecule has 0 aliphatic rings. The third-order valence-electron chi connectivity index (χ3n) is 2.54. The number of aromatic nitrogens is 1. The van der Waals surface area contributed by atoms with Gasteiger partial charge in [-0.3, -0.25) is 0 Å².